The molecule has 1 aliphatic rings. The predicted molar refractivity (Wildman–Crippen MR) is 100 cm³/mol. The Morgan fingerprint density at radius 1 is 1.26 bits per heavy atom. The number of carbonyl (C=O) groups is 1. The number of nitrogens with one attached hydrogen (secondary N) is 1. The number of carbonyl (C=O) groups excluding carboxylic acids is 1. The summed E-state index contributed by atoms with van der Waals surface area (Å²) >= 11 is 0. The highest BCUT2D eigenvalue weighted by molar-refractivity contribution is 5.96. The van der Waals surface area contributed by atoms with Gasteiger partial charge in [0.25, 0.3) is 5.91 Å². The Hall–Kier alpha value is -3.22. The van der Waals surface area contributed by atoms with Crippen molar-refractivity contribution in [2.24, 2.45) is 0 Å². The fourth-order valence-electron chi connectivity index (χ4n) is 3.39. The molecule has 0 saturated carbocycles. The fourth-order valence-corrected chi connectivity index (χ4v) is 3.39. The molecule has 1 aromatic carbocycles. The van der Waals surface area contributed by atoms with Gasteiger partial charge in [0.1, 0.15) is 18.2 Å². The third kappa shape index (κ3) is 3.40. The Bertz CT molecular complexity index is 951. The number of aromatic nitrogens is 4. The normalized spacial score (nSPS) is 13.9. The van der Waals surface area contributed by atoms with Gasteiger partial charge in [0, 0.05) is 5.69 Å². The van der Waals surface area contributed by atoms with Crippen molar-refractivity contribution in [2.45, 2.75) is 32.2 Å². The van der Waals surface area contributed by atoms with Crippen molar-refractivity contribution in [1.82, 2.24) is 25.1 Å². The van der Waals surface area contributed by atoms with Crippen LogP contribution in [0.2, 0.25) is 0 Å². The van der Waals surface area contributed by atoms with Gasteiger partial charge in [-0.3, -0.25) is 4.79 Å². The van der Waals surface area contributed by atoms with E-state index in [0.717, 1.165) is 41.8 Å². The average molecular weight is 363 g/mol. The first-order valence-corrected chi connectivity index (χ1v) is 8.98. The zero-order chi connectivity index (χ0) is 18.8. The molecule has 7 nitrogen and oxygen atoms in total. The van der Waals surface area contributed by atoms with Crippen LogP contribution in [0, 0.1) is 0 Å². The molecule has 0 bridgehead atoms. The molecule has 27 heavy (non-hydrogen) atoms. The molecule has 1 aliphatic carbocycles. The van der Waals surface area contributed by atoms with E-state index < -0.39 is 0 Å². The highest BCUT2D eigenvalue weighted by Crippen LogP contribution is 2.27. The van der Waals surface area contributed by atoms with Gasteiger partial charge in [-0.2, -0.15) is 5.10 Å². The van der Waals surface area contributed by atoms with Crippen molar-refractivity contribution in [3.05, 3.63) is 65.4 Å². The first-order chi connectivity index (χ1) is 13.2. The van der Waals surface area contributed by atoms with E-state index in [0.29, 0.717) is 11.4 Å². The molecule has 0 spiro atoms. The van der Waals surface area contributed by atoms with E-state index in [1.54, 1.807) is 18.1 Å². The number of benzene rings is 1. The van der Waals surface area contributed by atoms with Gasteiger partial charge in [-0.05, 0) is 55.5 Å². The van der Waals surface area contributed by atoms with Crippen molar-refractivity contribution in [1.29, 1.82) is 0 Å². The number of hydrogen-bond donors (Lipinski definition) is 1. The molecule has 1 atom stereocenters. The largest absolute Gasteiger partial charge is 0.480 e. The first-order valence-electron chi connectivity index (χ1n) is 8.98. The predicted octanol–water partition coefficient (Wildman–Crippen LogP) is 2.65. The molecule has 0 saturated heterocycles. The molecule has 138 valence electrons. The quantitative estimate of drug-likeness (QED) is 0.754. The molecule has 1 amide bonds. The van der Waals surface area contributed by atoms with Crippen LogP contribution in [0.4, 0.5) is 0 Å². The van der Waals surface area contributed by atoms with Crippen LogP contribution < -0.4 is 10.1 Å². The summed E-state index contributed by atoms with van der Waals surface area (Å²) in [6.07, 6.45) is 6.13. The summed E-state index contributed by atoms with van der Waals surface area (Å²) in [6, 6.07) is 9.61. The Morgan fingerprint density at radius 3 is 2.78 bits per heavy atom. The van der Waals surface area contributed by atoms with Crippen molar-refractivity contribution in [3.8, 4) is 11.6 Å². The lowest BCUT2D eigenvalue weighted by Gasteiger charge is -2.16. The van der Waals surface area contributed by atoms with Crippen molar-refractivity contribution >= 4 is 5.91 Å². The topological polar surface area (TPSA) is 81.9 Å². The summed E-state index contributed by atoms with van der Waals surface area (Å²) in [5, 5.41) is 7.15. The first kappa shape index (κ1) is 17.2. The number of methoxy groups -OCH3 is 1. The lowest BCUT2D eigenvalue weighted by molar-refractivity contribution is 0.0936. The molecule has 0 fully saturated rings. The highest BCUT2D eigenvalue weighted by atomic mass is 16.5. The van der Waals surface area contributed by atoms with Gasteiger partial charge in [0.2, 0.25) is 5.88 Å². The highest BCUT2D eigenvalue weighted by Gasteiger charge is 2.22. The van der Waals surface area contributed by atoms with E-state index in [4.69, 9.17) is 4.74 Å². The monoisotopic (exact) mass is 363 g/mol. The molecular formula is C20H21N5O2. The summed E-state index contributed by atoms with van der Waals surface area (Å²) in [5.41, 5.74) is 4.59. The number of hydrogen-bond acceptors (Lipinski definition) is 5. The van der Waals surface area contributed by atoms with Crippen LogP contribution in [-0.4, -0.2) is 32.8 Å². The number of rotatable bonds is 5. The van der Waals surface area contributed by atoms with E-state index in [-0.39, 0.29) is 11.9 Å². The molecular weight excluding hydrogens is 342 g/mol. The van der Waals surface area contributed by atoms with Crippen LogP contribution in [0.1, 0.15) is 46.6 Å². The molecule has 0 radical (unpaired) electrons. The second kappa shape index (κ2) is 7.19. The molecule has 1 unspecified atom stereocenters. The summed E-state index contributed by atoms with van der Waals surface area (Å²) in [4.78, 5) is 21.3. The smallest absolute Gasteiger partial charge is 0.257 e. The zero-order valence-corrected chi connectivity index (χ0v) is 15.3. The van der Waals surface area contributed by atoms with E-state index in [2.05, 4.69) is 20.4 Å². The molecule has 1 N–H and O–H groups in total. The van der Waals surface area contributed by atoms with Crippen molar-refractivity contribution in [2.75, 3.05) is 7.11 Å². The molecule has 4 rings (SSSR count). The van der Waals surface area contributed by atoms with Crippen molar-refractivity contribution < 1.29 is 9.53 Å². The number of aryl methyl sites for hydroxylation is 2. The lowest BCUT2D eigenvalue weighted by atomic mass is 10.1. The molecule has 7 heteroatoms. The summed E-state index contributed by atoms with van der Waals surface area (Å²) < 4.78 is 7.04. The van der Waals surface area contributed by atoms with E-state index >= 15 is 0 Å². The Labute approximate surface area is 157 Å². The third-order valence-electron chi connectivity index (χ3n) is 4.88. The SMILES string of the molecule is COc1nc2c(cc1C(=O)NC(C)c1ccc(-n3cncn3)cc1)CCC2. The fraction of sp³-hybridized carbons (Fsp3) is 0.300. The van der Waals surface area contributed by atoms with Gasteiger partial charge < -0.3 is 10.1 Å². The number of ether oxygens (including phenoxy) is 1. The Morgan fingerprint density at radius 2 is 2.07 bits per heavy atom. The molecule has 2 heterocycles. The Kier molecular flexibility index (Phi) is 4.58. The van der Waals surface area contributed by atoms with Crippen LogP contribution in [0.5, 0.6) is 5.88 Å². The number of nitrogens with zero attached hydrogens (tertiary/aromatic N) is 4. The maximum absolute atomic E-state index is 12.8. The van der Waals surface area contributed by atoms with Gasteiger partial charge in [-0.15, -0.1) is 0 Å². The second-order valence-electron chi connectivity index (χ2n) is 6.63. The minimum absolute atomic E-state index is 0.153. The van der Waals surface area contributed by atoms with Gasteiger partial charge in [0.15, 0.2) is 0 Å². The number of amides is 1. The van der Waals surface area contributed by atoms with Crippen LogP contribution in [-0.2, 0) is 12.8 Å². The standard InChI is InChI=1S/C20H21N5O2/c1-13(14-6-8-16(9-7-14)25-12-21-11-22-25)23-19(26)17-10-15-4-3-5-18(15)24-20(17)27-2/h6-13H,3-5H2,1-2H3,(H,23,26). The molecule has 2 aromatic heterocycles. The van der Waals surface area contributed by atoms with Crippen molar-refractivity contribution in [3.63, 3.8) is 0 Å². The maximum Gasteiger partial charge on any atom is 0.257 e. The molecule has 0 aliphatic heterocycles. The van der Waals surface area contributed by atoms with Gasteiger partial charge in [-0.1, -0.05) is 12.1 Å². The van der Waals surface area contributed by atoms with Gasteiger partial charge in [-0.25, -0.2) is 14.6 Å². The third-order valence-corrected chi connectivity index (χ3v) is 4.88. The number of fused-ring (bicyclic) bond motifs is 1. The minimum atomic E-state index is -0.179. The second-order valence-corrected chi connectivity index (χ2v) is 6.63. The minimum Gasteiger partial charge on any atom is -0.480 e. The van der Waals surface area contributed by atoms with Crippen LogP contribution in [0.3, 0.4) is 0 Å². The van der Waals surface area contributed by atoms with Crippen LogP contribution in [0.15, 0.2) is 43.0 Å². The summed E-state index contributed by atoms with van der Waals surface area (Å²) in [7, 11) is 1.55. The van der Waals surface area contributed by atoms with E-state index in [1.807, 2.05) is 37.3 Å². The maximum atomic E-state index is 12.8. The van der Waals surface area contributed by atoms with Gasteiger partial charge in [0.05, 0.1) is 18.8 Å². The van der Waals surface area contributed by atoms with Gasteiger partial charge >= 0.3 is 0 Å². The van der Waals surface area contributed by atoms with E-state index in [1.165, 1.54) is 6.33 Å². The summed E-state index contributed by atoms with van der Waals surface area (Å²) in [5.74, 6) is 0.212. The molecule has 3 aromatic rings. The van der Waals surface area contributed by atoms with E-state index in [9.17, 15) is 4.79 Å². The van der Waals surface area contributed by atoms with Crippen LogP contribution in [0.25, 0.3) is 5.69 Å². The zero-order valence-electron chi connectivity index (χ0n) is 15.3. The lowest BCUT2D eigenvalue weighted by Crippen LogP contribution is -2.27. The van der Waals surface area contributed by atoms with Crippen LogP contribution >= 0.6 is 0 Å². The Balaban J connectivity index is 1.51. The average Bonchev–Trinajstić information content (AvgIpc) is 3.38. The number of pyridine rings is 1. The summed E-state index contributed by atoms with van der Waals surface area (Å²) in [6.45, 7) is 1.95.